The van der Waals surface area contributed by atoms with E-state index in [0.717, 1.165) is 19.8 Å². The summed E-state index contributed by atoms with van der Waals surface area (Å²) in [5.41, 5.74) is 3.22. The van der Waals surface area contributed by atoms with Gasteiger partial charge in [-0.2, -0.15) is 0 Å². The van der Waals surface area contributed by atoms with Gasteiger partial charge in [-0.1, -0.05) is 76.6 Å². The molecule has 0 N–H and O–H groups in total. The largest absolute Gasteiger partial charge is 0.277 e. The lowest BCUT2D eigenvalue weighted by atomic mass is 9.98. The van der Waals surface area contributed by atoms with Crippen molar-refractivity contribution in [3.05, 3.63) is 145 Å². The molecule has 2 aliphatic rings. The lowest BCUT2D eigenvalue weighted by Gasteiger charge is -2.10. The van der Waals surface area contributed by atoms with E-state index in [0.29, 0.717) is 22.3 Å². The van der Waals surface area contributed by atoms with Crippen LogP contribution < -0.4 is 0 Å². The zero-order valence-corrected chi connectivity index (χ0v) is 24.6. The molecular formula is C34H22BrN3O6. The van der Waals surface area contributed by atoms with Crippen molar-refractivity contribution in [2.45, 2.75) is 0 Å². The number of nitro benzene ring substituents is 1. The Labute approximate surface area is 260 Å². The van der Waals surface area contributed by atoms with Gasteiger partial charge in [0.1, 0.15) is 0 Å². The molecule has 0 spiro atoms. The van der Waals surface area contributed by atoms with Crippen LogP contribution in [0.2, 0.25) is 0 Å². The third kappa shape index (κ3) is 5.27. The van der Waals surface area contributed by atoms with Gasteiger partial charge < -0.3 is 0 Å². The van der Waals surface area contributed by atoms with Gasteiger partial charge in [-0.15, -0.1) is 0 Å². The third-order valence-corrected chi connectivity index (χ3v) is 7.99. The standard InChI is InChI=1S/C34H22BrN3O6/c35-25-14-9-21(10-15-25)5-3-17-37-33(41)28-16-13-23(19-29(28)34(37)42)24-12-11-22(30(20-24)38(43)44)6-4-18-36-31(39)26-7-1-2-8-27(26)32(36)40/h1-16,19-20H,17-18H2/b5-3+,6-4+. The van der Waals surface area contributed by atoms with Gasteiger partial charge in [-0.05, 0) is 59.2 Å². The van der Waals surface area contributed by atoms with Crippen molar-refractivity contribution in [2.75, 3.05) is 13.1 Å². The minimum Gasteiger partial charge on any atom is -0.270 e. The number of carbonyl (C=O) groups is 4. The topological polar surface area (TPSA) is 118 Å². The van der Waals surface area contributed by atoms with Crippen LogP contribution in [0.25, 0.3) is 23.3 Å². The van der Waals surface area contributed by atoms with Crippen molar-refractivity contribution in [1.82, 2.24) is 9.80 Å². The number of carbonyl (C=O) groups excluding carboxylic acids is 4. The average Bonchev–Trinajstić information content (AvgIpc) is 3.42. The maximum atomic E-state index is 13.1. The van der Waals surface area contributed by atoms with Crippen LogP contribution in [0.15, 0.2) is 102 Å². The third-order valence-electron chi connectivity index (χ3n) is 7.46. The molecule has 0 saturated carbocycles. The fourth-order valence-corrected chi connectivity index (χ4v) is 5.48. The van der Waals surface area contributed by atoms with Crippen LogP contribution in [0.3, 0.4) is 0 Å². The van der Waals surface area contributed by atoms with Gasteiger partial charge in [0.15, 0.2) is 0 Å². The van der Waals surface area contributed by atoms with Gasteiger partial charge in [0, 0.05) is 23.6 Å². The number of hydrogen-bond donors (Lipinski definition) is 0. The van der Waals surface area contributed by atoms with Crippen molar-refractivity contribution in [3.8, 4) is 11.1 Å². The number of rotatable bonds is 8. The van der Waals surface area contributed by atoms with E-state index >= 15 is 0 Å². The minimum atomic E-state index is -0.521. The number of benzene rings is 4. The Morgan fingerprint density at radius 3 is 1.77 bits per heavy atom. The molecule has 4 aromatic carbocycles. The summed E-state index contributed by atoms with van der Waals surface area (Å²) in [6.07, 6.45) is 6.60. The molecule has 44 heavy (non-hydrogen) atoms. The molecule has 0 aliphatic carbocycles. The molecule has 6 rings (SSSR count). The molecule has 0 unspecified atom stereocenters. The van der Waals surface area contributed by atoms with Crippen LogP contribution in [0, 0.1) is 10.1 Å². The van der Waals surface area contributed by atoms with Crippen LogP contribution in [-0.2, 0) is 0 Å². The lowest BCUT2D eigenvalue weighted by Crippen LogP contribution is -2.29. The first kappa shape index (κ1) is 28.6. The Kier molecular flexibility index (Phi) is 7.59. The highest BCUT2D eigenvalue weighted by atomic mass is 79.9. The van der Waals surface area contributed by atoms with Gasteiger partial charge >= 0.3 is 0 Å². The van der Waals surface area contributed by atoms with Gasteiger partial charge in [0.05, 0.1) is 32.7 Å². The summed E-state index contributed by atoms with van der Waals surface area (Å²) in [5.74, 6) is -1.66. The molecule has 9 nitrogen and oxygen atoms in total. The highest BCUT2D eigenvalue weighted by Crippen LogP contribution is 2.32. The molecule has 0 saturated heterocycles. The second-order valence-corrected chi connectivity index (χ2v) is 11.1. The molecule has 0 bridgehead atoms. The van der Waals surface area contributed by atoms with E-state index in [1.165, 1.54) is 18.2 Å². The predicted octanol–water partition coefficient (Wildman–Crippen LogP) is 6.64. The van der Waals surface area contributed by atoms with E-state index in [1.54, 1.807) is 60.7 Å². The van der Waals surface area contributed by atoms with Crippen LogP contribution in [0.1, 0.15) is 52.6 Å². The molecule has 0 atom stereocenters. The van der Waals surface area contributed by atoms with Gasteiger partial charge in [0.2, 0.25) is 0 Å². The molecule has 2 aliphatic heterocycles. The Hall–Kier alpha value is -5.48. The molecule has 4 aromatic rings. The summed E-state index contributed by atoms with van der Waals surface area (Å²) in [6.45, 7) is 0.0615. The Morgan fingerprint density at radius 2 is 1.16 bits per heavy atom. The molecule has 0 aromatic heterocycles. The number of fused-ring (bicyclic) bond motifs is 2. The Bertz CT molecular complexity index is 1910. The molecule has 10 heteroatoms. The molecule has 0 fully saturated rings. The first-order valence-corrected chi connectivity index (χ1v) is 14.3. The van der Waals surface area contributed by atoms with Crippen LogP contribution >= 0.6 is 15.9 Å². The van der Waals surface area contributed by atoms with Crippen LogP contribution in [-0.4, -0.2) is 51.4 Å². The fraction of sp³-hybridized carbons (Fsp3) is 0.0588. The van der Waals surface area contributed by atoms with E-state index in [-0.39, 0.29) is 35.5 Å². The lowest BCUT2D eigenvalue weighted by molar-refractivity contribution is -0.385. The zero-order chi connectivity index (χ0) is 31.0. The van der Waals surface area contributed by atoms with Crippen molar-refractivity contribution in [2.24, 2.45) is 0 Å². The fourth-order valence-electron chi connectivity index (χ4n) is 5.22. The minimum absolute atomic E-state index is 0.0406. The van der Waals surface area contributed by atoms with E-state index in [1.807, 2.05) is 30.3 Å². The maximum absolute atomic E-state index is 13.1. The number of nitro groups is 1. The Balaban J connectivity index is 1.19. The number of nitrogens with zero attached hydrogens (tertiary/aromatic N) is 3. The highest BCUT2D eigenvalue weighted by molar-refractivity contribution is 9.10. The molecule has 0 radical (unpaired) electrons. The van der Waals surface area contributed by atoms with E-state index in [9.17, 15) is 29.3 Å². The Morgan fingerprint density at radius 1 is 0.636 bits per heavy atom. The molecular weight excluding hydrogens is 626 g/mol. The number of imide groups is 2. The second-order valence-electron chi connectivity index (χ2n) is 10.1. The van der Waals surface area contributed by atoms with E-state index in [2.05, 4.69) is 15.9 Å². The highest BCUT2D eigenvalue weighted by Gasteiger charge is 2.35. The molecule has 4 amide bonds. The van der Waals surface area contributed by atoms with E-state index in [4.69, 9.17) is 0 Å². The molecule has 216 valence electrons. The second kappa shape index (κ2) is 11.7. The predicted molar refractivity (Wildman–Crippen MR) is 168 cm³/mol. The maximum Gasteiger partial charge on any atom is 0.277 e. The quantitative estimate of drug-likeness (QED) is 0.120. The van der Waals surface area contributed by atoms with Gasteiger partial charge in [0.25, 0.3) is 29.3 Å². The summed E-state index contributed by atoms with van der Waals surface area (Å²) in [5, 5.41) is 12.0. The van der Waals surface area contributed by atoms with Crippen LogP contribution in [0.4, 0.5) is 5.69 Å². The van der Waals surface area contributed by atoms with Crippen molar-refractivity contribution in [3.63, 3.8) is 0 Å². The summed E-state index contributed by atoms with van der Waals surface area (Å²) < 4.78 is 0.946. The van der Waals surface area contributed by atoms with Crippen molar-refractivity contribution in [1.29, 1.82) is 0 Å². The van der Waals surface area contributed by atoms with Crippen LogP contribution in [0.5, 0.6) is 0 Å². The normalized spacial score (nSPS) is 14.3. The summed E-state index contributed by atoms with van der Waals surface area (Å²) in [6, 6.07) is 23.6. The SMILES string of the molecule is O=C1c2ccccc2C(=O)N1C/C=C/c1ccc(-c2ccc3c(c2)C(=O)N(C/C=C/c2ccc(Br)cc2)C3=O)cc1[N+](=O)[O-]. The summed E-state index contributed by atoms with van der Waals surface area (Å²) in [7, 11) is 0. The van der Waals surface area contributed by atoms with Gasteiger partial charge in [-0.25, -0.2) is 0 Å². The zero-order valence-electron chi connectivity index (χ0n) is 23.0. The smallest absolute Gasteiger partial charge is 0.270 e. The van der Waals surface area contributed by atoms with E-state index < -0.39 is 28.6 Å². The first-order valence-electron chi connectivity index (χ1n) is 13.6. The van der Waals surface area contributed by atoms with Crippen molar-refractivity contribution < 1.29 is 24.1 Å². The monoisotopic (exact) mass is 647 g/mol. The molecule has 2 heterocycles. The number of hydrogen-bond acceptors (Lipinski definition) is 6. The average molecular weight is 648 g/mol. The summed E-state index contributed by atoms with van der Waals surface area (Å²) in [4.78, 5) is 65.0. The first-order chi connectivity index (χ1) is 21.2. The van der Waals surface area contributed by atoms with Crippen molar-refractivity contribution >= 4 is 57.4 Å². The van der Waals surface area contributed by atoms with Gasteiger partial charge in [-0.3, -0.25) is 39.1 Å². The number of amides is 4. The summed E-state index contributed by atoms with van der Waals surface area (Å²) >= 11 is 3.39. The number of halogens is 1.